The fourth-order valence-corrected chi connectivity index (χ4v) is 4.22. The lowest BCUT2D eigenvalue weighted by atomic mass is 10.3. The minimum absolute atomic E-state index is 0.0959. The average molecular weight is 335 g/mol. The van der Waals surface area contributed by atoms with Crippen molar-refractivity contribution in [2.75, 3.05) is 11.8 Å². The highest BCUT2D eigenvalue weighted by Gasteiger charge is 2.17. The summed E-state index contributed by atoms with van der Waals surface area (Å²) in [7, 11) is -1.95. The Morgan fingerprint density at radius 2 is 2.05 bits per heavy atom. The summed E-state index contributed by atoms with van der Waals surface area (Å²) in [5.41, 5.74) is 0.0959. The summed E-state index contributed by atoms with van der Waals surface area (Å²) in [5, 5.41) is 3.07. The Labute approximate surface area is 125 Å². The summed E-state index contributed by atoms with van der Waals surface area (Å²) < 4.78 is 40.0. The maximum atomic E-state index is 13.2. The Morgan fingerprint density at radius 1 is 1.30 bits per heavy atom. The summed E-state index contributed by atoms with van der Waals surface area (Å²) in [6.07, 6.45) is 0. The molecule has 0 aliphatic carbocycles. The van der Waals surface area contributed by atoms with Crippen LogP contribution < -0.4 is 10.0 Å². The third kappa shape index (κ3) is 3.69. The van der Waals surface area contributed by atoms with Gasteiger partial charge in [-0.2, -0.15) is 0 Å². The lowest BCUT2D eigenvalue weighted by molar-refractivity contribution is 0.603. The van der Waals surface area contributed by atoms with E-state index in [0.29, 0.717) is 6.54 Å². The highest BCUT2D eigenvalue weighted by atomic mass is 35.5. The van der Waals surface area contributed by atoms with Gasteiger partial charge in [-0.05, 0) is 37.4 Å². The van der Waals surface area contributed by atoms with Gasteiger partial charge in [0.05, 0.1) is 5.69 Å². The number of rotatable bonds is 5. The summed E-state index contributed by atoms with van der Waals surface area (Å²) in [6, 6.07) is 6.78. The second kappa shape index (κ2) is 6.09. The summed E-state index contributed by atoms with van der Waals surface area (Å²) in [6.45, 7) is 0.589. The Bertz CT molecular complexity index is 696. The number of anilines is 1. The zero-order chi connectivity index (χ0) is 14.8. The largest absolute Gasteiger partial charge is 0.315 e. The molecule has 0 fully saturated rings. The van der Waals surface area contributed by atoms with Crippen molar-refractivity contribution in [1.82, 2.24) is 5.32 Å². The zero-order valence-corrected chi connectivity index (χ0v) is 12.9. The van der Waals surface area contributed by atoms with Crippen LogP contribution >= 0.6 is 22.9 Å². The molecule has 0 amide bonds. The third-order valence-electron chi connectivity index (χ3n) is 2.37. The average Bonchev–Trinajstić information content (AvgIpc) is 2.76. The van der Waals surface area contributed by atoms with Crippen LogP contribution in [0.4, 0.5) is 10.1 Å². The first-order chi connectivity index (χ1) is 9.40. The van der Waals surface area contributed by atoms with Crippen LogP contribution in [0.15, 0.2) is 34.5 Å². The quantitative estimate of drug-likeness (QED) is 0.883. The molecule has 2 rings (SSSR count). The SMILES string of the molecule is CNCc1ccc(S(=O)(=O)Nc2cc(F)cc(Cl)c2)s1. The van der Waals surface area contributed by atoms with Crippen LogP contribution in [0.25, 0.3) is 0 Å². The molecule has 20 heavy (non-hydrogen) atoms. The van der Waals surface area contributed by atoms with Crippen molar-refractivity contribution in [2.45, 2.75) is 10.8 Å². The van der Waals surface area contributed by atoms with Gasteiger partial charge in [-0.3, -0.25) is 4.72 Å². The lowest BCUT2D eigenvalue weighted by Crippen LogP contribution is -2.11. The molecule has 0 atom stereocenters. The lowest BCUT2D eigenvalue weighted by Gasteiger charge is -2.06. The van der Waals surface area contributed by atoms with E-state index < -0.39 is 15.8 Å². The molecule has 0 unspecified atom stereocenters. The molecule has 2 aromatic rings. The van der Waals surface area contributed by atoms with Crippen LogP contribution in [0, 0.1) is 5.82 Å². The van der Waals surface area contributed by atoms with Crippen molar-refractivity contribution in [3.05, 3.63) is 46.0 Å². The van der Waals surface area contributed by atoms with Gasteiger partial charge in [0.2, 0.25) is 0 Å². The Kier molecular flexibility index (Phi) is 4.64. The van der Waals surface area contributed by atoms with Crippen molar-refractivity contribution in [3.8, 4) is 0 Å². The van der Waals surface area contributed by atoms with Crippen LogP contribution in [0.5, 0.6) is 0 Å². The van der Waals surface area contributed by atoms with E-state index in [2.05, 4.69) is 10.0 Å². The van der Waals surface area contributed by atoms with E-state index in [1.807, 2.05) is 0 Å². The molecule has 8 heteroatoms. The smallest absolute Gasteiger partial charge is 0.271 e. The standard InChI is InChI=1S/C12H12ClFN2O2S2/c1-15-7-11-2-3-12(19-11)20(17,18)16-10-5-8(13)4-9(14)6-10/h2-6,15-16H,7H2,1H3. The molecule has 0 aliphatic rings. The van der Waals surface area contributed by atoms with Crippen LogP contribution in [-0.2, 0) is 16.6 Å². The van der Waals surface area contributed by atoms with Crippen molar-refractivity contribution in [3.63, 3.8) is 0 Å². The number of sulfonamides is 1. The molecule has 1 aromatic heterocycles. The zero-order valence-electron chi connectivity index (χ0n) is 10.5. The van der Waals surface area contributed by atoms with Crippen LogP contribution in [0.2, 0.25) is 5.02 Å². The number of hydrogen-bond donors (Lipinski definition) is 2. The minimum atomic E-state index is -3.73. The van der Waals surface area contributed by atoms with Crippen LogP contribution in [0.1, 0.15) is 4.88 Å². The molecule has 0 spiro atoms. The maximum Gasteiger partial charge on any atom is 0.271 e. The van der Waals surface area contributed by atoms with Crippen LogP contribution in [0.3, 0.4) is 0 Å². The molecule has 2 N–H and O–H groups in total. The van der Waals surface area contributed by atoms with Gasteiger partial charge in [-0.25, -0.2) is 12.8 Å². The van der Waals surface area contributed by atoms with Gasteiger partial charge < -0.3 is 5.32 Å². The molecule has 1 heterocycles. The number of halogens is 2. The third-order valence-corrected chi connectivity index (χ3v) is 5.54. The molecule has 1 aromatic carbocycles. The highest BCUT2D eigenvalue weighted by Crippen LogP contribution is 2.25. The van der Waals surface area contributed by atoms with Gasteiger partial charge in [0.1, 0.15) is 10.0 Å². The fourth-order valence-electron chi connectivity index (χ4n) is 1.59. The van der Waals surface area contributed by atoms with E-state index in [-0.39, 0.29) is 14.9 Å². The summed E-state index contributed by atoms with van der Waals surface area (Å²) in [5.74, 6) is -0.600. The van der Waals surface area contributed by atoms with E-state index in [4.69, 9.17) is 11.6 Å². The Balaban J connectivity index is 2.25. The molecule has 0 saturated heterocycles. The fraction of sp³-hybridized carbons (Fsp3) is 0.167. The second-order valence-electron chi connectivity index (χ2n) is 4.01. The van der Waals surface area contributed by atoms with E-state index in [9.17, 15) is 12.8 Å². The van der Waals surface area contributed by atoms with Gasteiger partial charge in [0.25, 0.3) is 10.0 Å². The molecular weight excluding hydrogens is 323 g/mol. The number of benzene rings is 1. The molecule has 108 valence electrons. The molecular formula is C12H12ClFN2O2S2. The molecule has 4 nitrogen and oxygen atoms in total. The van der Waals surface area contributed by atoms with Crippen molar-refractivity contribution in [1.29, 1.82) is 0 Å². The first-order valence-corrected chi connectivity index (χ1v) is 8.31. The van der Waals surface area contributed by atoms with Crippen LogP contribution in [-0.4, -0.2) is 15.5 Å². The van der Waals surface area contributed by atoms with E-state index in [1.165, 1.54) is 12.1 Å². The number of hydrogen-bond acceptors (Lipinski definition) is 4. The first-order valence-electron chi connectivity index (χ1n) is 5.63. The van der Waals surface area contributed by atoms with Crippen molar-refractivity contribution >= 4 is 38.6 Å². The second-order valence-corrected chi connectivity index (χ2v) is 7.53. The predicted octanol–water partition coefficient (Wildman–Crippen LogP) is 3.06. The highest BCUT2D eigenvalue weighted by molar-refractivity contribution is 7.94. The van der Waals surface area contributed by atoms with E-state index in [1.54, 1.807) is 13.1 Å². The number of thiophene rings is 1. The van der Waals surface area contributed by atoms with Crippen molar-refractivity contribution < 1.29 is 12.8 Å². The predicted molar refractivity (Wildman–Crippen MR) is 79.3 cm³/mol. The normalized spacial score (nSPS) is 11.6. The first kappa shape index (κ1) is 15.2. The van der Waals surface area contributed by atoms with Gasteiger partial charge >= 0.3 is 0 Å². The van der Waals surface area contributed by atoms with Gasteiger partial charge in [0, 0.05) is 16.4 Å². The molecule has 0 aliphatic heterocycles. The summed E-state index contributed by atoms with van der Waals surface area (Å²) in [4.78, 5) is 0.894. The van der Waals surface area contributed by atoms with Gasteiger partial charge in [-0.1, -0.05) is 11.6 Å². The topological polar surface area (TPSA) is 58.2 Å². The molecule has 0 radical (unpaired) electrons. The Morgan fingerprint density at radius 3 is 2.70 bits per heavy atom. The van der Waals surface area contributed by atoms with Crippen molar-refractivity contribution in [2.24, 2.45) is 0 Å². The minimum Gasteiger partial charge on any atom is -0.315 e. The number of nitrogens with one attached hydrogen (secondary N) is 2. The van der Waals surface area contributed by atoms with E-state index in [0.717, 1.165) is 28.3 Å². The molecule has 0 bridgehead atoms. The monoisotopic (exact) mass is 334 g/mol. The van der Waals surface area contributed by atoms with E-state index >= 15 is 0 Å². The molecule has 0 saturated carbocycles. The maximum absolute atomic E-state index is 13.2. The van der Waals surface area contributed by atoms with Gasteiger partial charge in [-0.15, -0.1) is 11.3 Å². The Hall–Kier alpha value is -1.15. The van der Waals surface area contributed by atoms with Gasteiger partial charge in [0.15, 0.2) is 0 Å². The summed E-state index contributed by atoms with van der Waals surface area (Å²) >= 11 is 6.84.